The number of carbonyl (C=O) groups is 1. The molecule has 7 heteroatoms. The second-order valence-corrected chi connectivity index (χ2v) is 5.53. The highest BCUT2D eigenvalue weighted by Gasteiger charge is 2.10. The van der Waals surface area contributed by atoms with Gasteiger partial charge in [0.2, 0.25) is 0 Å². The molecule has 0 heterocycles. The van der Waals surface area contributed by atoms with E-state index in [0.717, 1.165) is 0 Å². The monoisotopic (exact) mass is 364 g/mol. The fourth-order valence-electron chi connectivity index (χ4n) is 1.98. The van der Waals surface area contributed by atoms with E-state index in [9.17, 15) is 4.79 Å². The molecule has 0 saturated heterocycles. The molecule has 0 fully saturated rings. The van der Waals surface area contributed by atoms with Crippen molar-refractivity contribution in [2.24, 2.45) is 0 Å². The van der Waals surface area contributed by atoms with Crippen LogP contribution in [0, 0.1) is 0 Å². The summed E-state index contributed by atoms with van der Waals surface area (Å²) >= 11 is 11.2. The van der Waals surface area contributed by atoms with E-state index >= 15 is 0 Å². The van der Waals surface area contributed by atoms with Gasteiger partial charge >= 0.3 is 0 Å². The number of thiocarbonyl (C=S) groups is 1. The summed E-state index contributed by atoms with van der Waals surface area (Å²) in [6.07, 6.45) is 0. The van der Waals surface area contributed by atoms with Gasteiger partial charge < -0.3 is 14.8 Å². The molecule has 1 amide bonds. The molecule has 0 bridgehead atoms. The molecule has 126 valence electrons. The summed E-state index contributed by atoms with van der Waals surface area (Å²) in [5, 5.41) is 6.13. The van der Waals surface area contributed by atoms with Crippen LogP contribution in [-0.4, -0.2) is 24.7 Å². The number of carbonyl (C=O) groups excluding carboxylic acids is 1. The van der Waals surface area contributed by atoms with Crippen molar-refractivity contribution < 1.29 is 14.3 Å². The summed E-state index contributed by atoms with van der Waals surface area (Å²) in [7, 11) is 1.54. The van der Waals surface area contributed by atoms with Crippen molar-refractivity contribution in [2.75, 3.05) is 19.0 Å². The average molecular weight is 365 g/mol. The zero-order valence-electron chi connectivity index (χ0n) is 13.3. The third-order valence-corrected chi connectivity index (χ3v) is 3.54. The summed E-state index contributed by atoms with van der Waals surface area (Å²) in [6, 6.07) is 12.0. The first-order valence-corrected chi connectivity index (χ1v) is 8.01. The molecule has 0 radical (unpaired) electrons. The number of ether oxygens (including phenoxy) is 2. The number of methoxy groups -OCH3 is 1. The molecule has 2 aromatic carbocycles. The number of hydrogen-bond donors (Lipinski definition) is 2. The number of amides is 1. The minimum Gasteiger partial charge on any atom is -0.495 e. The standard InChI is InChI=1S/C17H17ClN2O3S/c1-3-23-13-6-4-5-11(9-13)16(21)20-17(24)19-12-7-8-15(22-2)14(18)10-12/h4-10H,3H2,1-2H3,(H2,19,20,21,24). The van der Waals surface area contributed by atoms with Crippen LogP contribution in [0.2, 0.25) is 5.02 Å². The molecular weight excluding hydrogens is 348 g/mol. The molecule has 24 heavy (non-hydrogen) atoms. The molecule has 0 atom stereocenters. The summed E-state index contributed by atoms with van der Waals surface area (Å²) in [4.78, 5) is 12.2. The number of rotatable bonds is 5. The highest BCUT2D eigenvalue weighted by atomic mass is 35.5. The van der Waals surface area contributed by atoms with Crippen LogP contribution in [0.25, 0.3) is 0 Å². The quantitative estimate of drug-likeness (QED) is 0.788. The van der Waals surface area contributed by atoms with Crippen molar-refractivity contribution in [1.82, 2.24) is 5.32 Å². The summed E-state index contributed by atoms with van der Waals surface area (Å²) in [6.45, 7) is 2.41. The first-order chi connectivity index (χ1) is 11.5. The van der Waals surface area contributed by atoms with E-state index in [1.165, 1.54) is 7.11 Å². The van der Waals surface area contributed by atoms with Gasteiger partial charge in [0.15, 0.2) is 5.11 Å². The van der Waals surface area contributed by atoms with Crippen molar-refractivity contribution in [3.63, 3.8) is 0 Å². The topological polar surface area (TPSA) is 59.6 Å². The van der Waals surface area contributed by atoms with E-state index in [1.54, 1.807) is 42.5 Å². The SMILES string of the molecule is CCOc1cccc(C(=O)NC(=S)Nc2ccc(OC)c(Cl)c2)c1. The van der Waals surface area contributed by atoms with Crippen LogP contribution in [0.3, 0.4) is 0 Å². The molecule has 0 aliphatic rings. The Balaban J connectivity index is 2.00. The van der Waals surface area contributed by atoms with Crippen molar-refractivity contribution >= 4 is 40.5 Å². The maximum atomic E-state index is 12.2. The van der Waals surface area contributed by atoms with Gasteiger partial charge in [-0.15, -0.1) is 0 Å². The average Bonchev–Trinajstić information content (AvgIpc) is 2.55. The normalized spacial score (nSPS) is 9.96. The van der Waals surface area contributed by atoms with Gasteiger partial charge in [-0.25, -0.2) is 0 Å². The second kappa shape index (κ2) is 8.52. The number of halogens is 1. The molecule has 2 N–H and O–H groups in total. The Morgan fingerprint density at radius 3 is 2.71 bits per heavy atom. The zero-order valence-corrected chi connectivity index (χ0v) is 14.8. The van der Waals surface area contributed by atoms with Crippen LogP contribution in [0.1, 0.15) is 17.3 Å². The van der Waals surface area contributed by atoms with Gasteiger partial charge in [-0.2, -0.15) is 0 Å². The maximum absolute atomic E-state index is 12.2. The van der Waals surface area contributed by atoms with Crippen LogP contribution in [0.4, 0.5) is 5.69 Å². The predicted molar refractivity (Wildman–Crippen MR) is 99.3 cm³/mol. The Labute approximate surface area is 150 Å². The van der Waals surface area contributed by atoms with Gasteiger partial charge in [0.1, 0.15) is 11.5 Å². The first-order valence-electron chi connectivity index (χ1n) is 7.22. The predicted octanol–water partition coefficient (Wildman–Crippen LogP) is 3.87. The van der Waals surface area contributed by atoms with Crippen molar-refractivity contribution in [1.29, 1.82) is 0 Å². The molecule has 0 aromatic heterocycles. The third-order valence-electron chi connectivity index (χ3n) is 3.04. The molecule has 0 spiro atoms. The van der Waals surface area contributed by atoms with Crippen LogP contribution < -0.4 is 20.1 Å². The summed E-state index contributed by atoms with van der Waals surface area (Å²) in [5.41, 5.74) is 1.10. The van der Waals surface area contributed by atoms with Gasteiger partial charge in [0.25, 0.3) is 5.91 Å². The number of benzene rings is 2. The fraction of sp³-hybridized carbons (Fsp3) is 0.176. The third kappa shape index (κ3) is 4.84. The van der Waals surface area contributed by atoms with Gasteiger partial charge in [-0.1, -0.05) is 17.7 Å². The van der Waals surface area contributed by atoms with Crippen molar-refractivity contribution in [2.45, 2.75) is 6.92 Å². The molecule has 2 rings (SSSR count). The highest BCUT2D eigenvalue weighted by Crippen LogP contribution is 2.27. The maximum Gasteiger partial charge on any atom is 0.257 e. The lowest BCUT2D eigenvalue weighted by molar-refractivity contribution is 0.0977. The van der Waals surface area contributed by atoms with Crippen molar-refractivity contribution in [3.8, 4) is 11.5 Å². The fourth-order valence-corrected chi connectivity index (χ4v) is 2.44. The second-order valence-electron chi connectivity index (χ2n) is 4.72. The van der Waals surface area contributed by atoms with E-state index in [1.807, 2.05) is 6.92 Å². The lowest BCUT2D eigenvalue weighted by Crippen LogP contribution is -2.34. The summed E-state index contributed by atoms with van der Waals surface area (Å²) in [5.74, 6) is 0.865. The Hall–Kier alpha value is -2.31. The Bertz CT molecular complexity index is 752. The Morgan fingerprint density at radius 2 is 2.04 bits per heavy atom. The summed E-state index contributed by atoms with van der Waals surface area (Å²) < 4.78 is 10.5. The largest absolute Gasteiger partial charge is 0.495 e. The molecule has 2 aromatic rings. The number of nitrogens with one attached hydrogen (secondary N) is 2. The first kappa shape index (κ1) is 18.0. The van der Waals surface area contributed by atoms with E-state index in [0.29, 0.717) is 34.4 Å². The van der Waals surface area contributed by atoms with E-state index in [2.05, 4.69) is 10.6 Å². The van der Waals surface area contributed by atoms with Crippen molar-refractivity contribution in [3.05, 3.63) is 53.1 Å². The number of hydrogen-bond acceptors (Lipinski definition) is 4. The van der Waals surface area contributed by atoms with Gasteiger partial charge in [-0.3, -0.25) is 10.1 Å². The van der Waals surface area contributed by atoms with Crippen LogP contribution in [0.15, 0.2) is 42.5 Å². The van der Waals surface area contributed by atoms with Gasteiger partial charge in [-0.05, 0) is 55.5 Å². The minimum absolute atomic E-state index is 0.169. The molecule has 0 aliphatic heterocycles. The van der Waals surface area contributed by atoms with Crippen LogP contribution in [0.5, 0.6) is 11.5 Å². The Morgan fingerprint density at radius 1 is 1.25 bits per heavy atom. The number of anilines is 1. The van der Waals surface area contributed by atoms with Crippen LogP contribution in [-0.2, 0) is 0 Å². The zero-order chi connectivity index (χ0) is 17.5. The minimum atomic E-state index is -0.325. The highest BCUT2D eigenvalue weighted by molar-refractivity contribution is 7.80. The lowest BCUT2D eigenvalue weighted by Gasteiger charge is -2.11. The molecule has 5 nitrogen and oxygen atoms in total. The van der Waals surface area contributed by atoms with Gasteiger partial charge in [0.05, 0.1) is 18.7 Å². The van der Waals surface area contributed by atoms with E-state index in [-0.39, 0.29) is 11.0 Å². The lowest BCUT2D eigenvalue weighted by atomic mass is 10.2. The molecule has 0 unspecified atom stereocenters. The smallest absolute Gasteiger partial charge is 0.257 e. The molecule has 0 aliphatic carbocycles. The van der Waals surface area contributed by atoms with E-state index < -0.39 is 0 Å². The van der Waals surface area contributed by atoms with Crippen LogP contribution >= 0.6 is 23.8 Å². The Kier molecular flexibility index (Phi) is 6.40. The molecular formula is C17H17ClN2O3S. The molecule has 0 saturated carbocycles. The van der Waals surface area contributed by atoms with Gasteiger partial charge in [0, 0.05) is 11.3 Å². The van der Waals surface area contributed by atoms with E-state index in [4.69, 9.17) is 33.3 Å².